The molecule has 0 radical (unpaired) electrons. The molecule has 0 bridgehead atoms. The summed E-state index contributed by atoms with van der Waals surface area (Å²) < 4.78 is 0. The van der Waals surface area contributed by atoms with Crippen LogP contribution in [0.1, 0.15) is 92.8 Å². The molecule has 0 saturated heterocycles. The summed E-state index contributed by atoms with van der Waals surface area (Å²) in [6, 6.07) is 1.99. The normalized spacial score (nSPS) is 25.6. The number of rotatable bonds is 8. The fraction of sp³-hybridized carbons (Fsp3) is 0.565. The highest BCUT2D eigenvalue weighted by Crippen LogP contribution is 2.34. The molecule has 1 aromatic rings. The van der Waals surface area contributed by atoms with Gasteiger partial charge in [-0.1, -0.05) is 0 Å². The van der Waals surface area contributed by atoms with Gasteiger partial charge in [-0.05, 0) is 63.5 Å². The Kier molecular flexibility index (Phi) is 7.27. The fourth-order valence-electron chi connectivity index (χ4n) is 5.42. The summed E-state index contributed by atoms with van der Waals surface area (Å²) in [6.45, 7) is 0. The molecule has 0 unspecified atom stereocenters. The van der Waals surface area contributed by atoms with Crippen LogP contribution in [0.4, 0.5) is 0 Å². The Morgan fingerprint density at radius 3 is 2.19 bits per heavy atom. The summed E-state index contributed by atoms with van der Waals surface area (Å²) in [5.74, 6) is -1.55. The van der Waals surface area contributed by atoms with Crippen molar-refractivity contribution >= 4 is 24.0 Å². The molecule has 2 aliphatic carbocycles. The number of carbonyl (C=O) groups excluding carboxylic acids is 4. The van der Waals surface area contributed by atoms with E-state index in [-0.39, 0.29) is 34.4 Å². The smallest absolute Gasteiger partial charge is 0.294 e. The molecule has 0 atom stereocenters. The van der Waals surface area contributed by atoms with E-state index in [0.717, 1.165) is 4.90 Å². The van der Waals surface area contributed by atoms with Gasteiger partial charge in [0.1, 0.15) is 12.2 Å². The predicted molar refractivity (Wildman–Crippen MR) is 121 cm³/mol. The molecule has 1 aliphatic heterocycles. The van der Waals surface area contributed by atoms with Gasteiger partial charge in [0.2, 0.25) is 0 Å². The van der Waals surface area contributed by atoms with Gasteiger partial charge in [0.25, 0.3) is 22.8 Å². The Morgan fingerprint density at radius 1 is 1.06 bits per heavy atom. The van der Waals surface area contributed by atoms with Gasteiger partial charge in [-0.25, -0.2) is 0 Å². The van der Waals surface area contributed by atoms with Crippen LogP contribution in [0.3, 0.4) is 0 Å². The van der Waals surface area contributed by atoms with Crippen LogP contribution in [0.25, 0.3) is 0 Å². The number of nitrogens with zero attached hydrogens (tertiary/aromatic N) is 4. The lowest BCUT2D eigenvalue weighted by atomic mass is 9.91. The first-order valence-corrected chi connectivity index (χ1v) is 11.8. The number of carbonyl (C=O) groups is 4. The molecule has 3 amide bonds. The zero-order valence-corrected chi connectivity index (χ0v) is 19.7. The summed E-state index contributed by atoms with van der Waals surface area (Å²) in [6.07, 6.45) is 3.24. The van der Waals surface area contributed by atoms with Crippen LogP contribution in [0, 0.1) is 15.0 Å². The number of benzene rings is 1. The van der Waals surface area contributed by atoms with Gasteiger partial charge in [0.15, 0.2) is 11.6 Å². The van der Waals surface area contributed by atoms with E-state index in [9.17, 15) is 34.2 Å². The van der Waals surface area contributed by atoms with Crippen LogP contribution in [0.2, 0.25) is 0 Å². The number of aldehydes is 1. The molecule has 0 N–H and O–H groups in total. The van der Waals surface area contributed by atoms with Crippen molar-refractivity contribution in [3.63, 3.8) is 0 Å². The maximum absolute atomic E-state index is 13.3. The van der Waals surface area contributed by atoms with Crippen molar-refractivity contribution in [1.82, 2.24) is 9.80 Å². The van der Waals surface area contributed by atoms with Crippen molar-refractivity contribution in [2.45, 2.75) is 75.7 Å². The van der Waals surface area contributed by atoms with Crippen LogP contribution in [-0.4, -0.2) is 70.2 Å². The van der Waals surface area contributed by atoms with E-state index < -0.39 is 35.0 Å². The Bertz CT molecular complexity index is 1090. The molecular weight excluding hydrogens is 476 g/mol. The second-order valence-corrected chi connectivity index (χ2v) is 9.37. The summed E-state index contributed by atoms with van der Waals surface area (Å²) in [4.78, 5) is 84.4. The molecule has 2 saturated carbocycles. The lowest BCUT2D eigenvalue weighted by Crippen LogP contribution is -2.43. The Hall–Kier alpha value is -3.90. The minimum atomic E-state index is -0.842. The minimum absolute atomic E-state index is 0.0128. The lowest BCUT2D eigenvalue weighted by molar-refractivity contribution is -0.769. The highest BCUT2D eigenvalue weighted by atomic mass is 17.0. The zero-order valence-electron chi connectivity index (χ0n) is 19.7. The molecule has 13 heteroatoms. The second kappa shape index (κ2) is 10.4. The van der Waals surface area contributed by atoms with Crippen molar-refractivity contribution < 1.29 is 33.9 Å². The van der Waals surface area contributed by atoms with E-state index in [1.165, 1.54) is 17.0 Å². The molecule has 1 heterocycles. The Labute approximate surface area is 205 Å². The average molecular weight is 502 g/mol. The van der Waals surface area contributed by atoms with E-state index in [1.54, 1.807) is 7.05 Å². The van der Waals surface area contributed by atoms with Crippen molar-refractivity contribution in [1.29, 1.82) is 0 Å². The number of hydrogen-bond donors (Lipinski definition) is 0. The molecule has 0 aromatic heterocycles. The van der Waals surface area contributed by atoms with Crippen molar-refractivity contribution in [3.05, 3.63) is 49.4 Å². The second-order valence-electron chi connectivity index (χ2n) is 9.37. The topological polar surface area (TPSA) is 166 Å². The van der Waals surface area contributed by atoms with Gasteiger partial charge in [-0.2, -0.15) is 0 Å². The molecule has 2 fully saturated rings. The van der Waals surface area contributed by atoms with Gasteiger partial charge in [-0.15, -0.1) is 15.0 Å². The number of amides is 3. The van der Waals surface area contributed by atoms with Gasteiger partial charge in [0.05, 0.1) is 16.7 Å². The van der Waals surface area contributed by atoms with Crippen molar-refractivity contribution in [2.24, 2.45) is 5.34 Å². The minimum Gasteiger partial charge on any atom is -0.361 e. The van der Waals surface area contributed by atoms with E-state index in [1.807, 2.05) is 0 Å². The Morgan fingerprint density at radius 2 is 1.64 bits per heavy atom. The summed E-state index contributed by atoms with van der Waals surface area (Å²) >= 11 is 0. The van der Waals surface area contributed by atoms with Gasteiger partial charge in [-0.3, -0.25) is 24.1 Å². The molecule has 0 spiro atoms. The zero-order chi connectivity index (χ0) is 26.0. The summed E-state index contributed by atoms with van der Waals surface area (Å²) in [7, 11) is 1.61. The van der Waals surface area contributed by atoms with Crippen molar-refractivity contribution in [2.75, 3.05) is 7.05 Å². The number of fused-ring (bicyclic) bond motifs is 1. The Balaban J connectivity index is 1.51. The van der Waals surface area contributed by atoms with Crippen LogP contribution < -0.4 is 0 Å². The first-order chi connectivity index (χ1) is 17.2. The first kappa shape index (κ1) is 25.2. The SMILES string of the molecule is CN(C(=O)c1cc2c(cc1C=O)C(=O)N(C1CCC(O[N+](=O)[O-])CC1)C2=O)C1CCC(ON=O)CC1. The molecule has 36 heavy (non-hydrogen) atoms. The lowest BCUT2D eigenvalue weighted by Gasteiger charge is -2.33. The van der Waals surface area contributed by atoms with Crippen LogP contribution in [-0.2, 0) is 9.68 Å². The number of hydrogen-bond acceptors (Lipinski definition) is 10. The van der Waals surface area contributed by atoms with Crippen molar-refractivity contribution in [3.8, 4) is 0 Å². The fourth-order valence-corrected chi connectivity index (χ4v) is 5.42. The summed E-state index contributed by atoms with van der Waals surface area (Å²) in [5, 5.41) is 12.2. The predicted octanol–water partition coefficient (Wildman–Crippen LogP) is 2.70. The molecular formula is C23H26N4O9. The molecule has 3 aliphatic rings. The molecule has 13 nitrogen and oxygen atoms in total. The van der Waals surface area contributed by atoms with E-state index in [2.05, 4.69) is 10.2 Å². The number of imide groups is 1. The van der Waals surface area contributed by atoms with Gasteiger partial charge < -0.3 is 14.6 Å². The molecule has 1 aromatic carbocycles. The highest BCUT2D eigenvalue weighted by Gasteiger charge is 2.43. The third-order valence-electron chi connectivity index (χ3n) is 7.39. The van der Waals surface area contributed by atoms with E-state index in [4.69, 9.17) is 4.84 Å². The molecule has 4 rings (SSSR count). The first-order valence-electron chi connectivity index (χ1n) is 11.8. The summed E-state index contributed by atoms with van der Waals surface area (Å²) in [5.41, 5.74) is 0.160. The third kappa shape index (κ3) is 4.77. The largest absolute Gasteiger partial charge is 0.361 e. The van der Waals surface area contributed by atoms with Gasteiger partial charge in [0, 0.05) is 24.7 Å². The maximum atomic E-state index is 13.3. The monoisotopic (exact) mass is 502 g/mol. The van der Waals surface area contributed by atoms with Gasteiger partial charge >= 0.3 is 0 Å². The van der Waals surface area contributed by atoms with E-state index >= 15 is 0 Å². The quantitative estimate of drug-likeness (QED) is 0.171. The average Bonchev–Trinajstić information content (AvgIpc) is 3.12. The molecule has 192 valence electrons. The maximum Gasteiger partial charge on any atom is 0.294 e. The highest BCUT2D eigenvalue weighted by molar-refractivity contribution is 6.23. The third-order valence-corrected chi connectivity index (χ3v) is 7.39. The standard InChI is InChI=1S/C23H26N4O9/c1-25(14-2-6-16(7-3-14)35-24-32)21(29)18-11-20-19(10-13(18)12-28)22(30)26(23(20)31)15-4-8-17(9-5-15)36-27(33)34/h10-12,14-17H,2-9H2,1H3. The van der Waals surface area contributed by atoms with E-state index in [0.29, 0.717) is 57.7 Å². The van der Waals surface area contributed by atoms with Crippen LogP contribution >= 0.6 is 0 Å². The van der Waals surface area contributed by atoms with Crippen LogP contribution in [0.15, 0.2) is 17.5 Å². The van der Waals surface area contributed by atoms with Crippen LogP contribution in [0.5, 0.6) is 0 Å².